The zero-order chi connectivity index (χ0) is 16.6. The van der Waals surface area contributed by atoms with E-state index >= 15 is 0 Å². The largest absolute Gasteiger partial charge is 0.340 e. The molecule has 0 saturated heterocycles. The molecule has 0 amide bonds. The van der Waals surface area contributed by atoms with Crippen LogP contribution >= 0.6 is 0 Å². The number of hydrogen-bond acceptors (Lipinski definition) is 5. The molecule has 2 aromatic heterocycles. The first kappa shape index (κ1) is 15.2. The molecule has 1 aromatic carbocycles. The lowest BCUT2D eigenvalue weighted by molar-refractivity contribution is 0.602. The Labute approximate surface area is 130 Å². The van der Waals surface area contributed by atoms with Crippen LogP contribution in [0, 0.1) is 5.82 Å². The summed E-state index contributed by atoms with van der Waals surface area (Å²) in [5, 5.41) is 3.25. The molecule has 0 aliphatic heterocycles. The number of hydrogen-bond donors (Lipinski definition) is 2. The third-order valence-electron chi connectivity index (χ3n) is 3.29. The second kappa shape index (κ2) is 5.47. The van der Waals surface area contributed by atoms with E-state index in [0.717, 1.165) is 12.5 Å². The van der Waals surface area contributed by atoms with E-state index in [-0.39, 0.29) is 15.7 Å². The Morgan fingerprint density at radius 1 is 1.17 bits per heavy atom. The first-order valence-corrected chi connectivity index (χ1v) is 8.48. The number of aromatic nitrogens is 2. The molecule has 0 spiro atoms. The molecule has 8 heteroatoms. The molecule has 2 heterocycles. The highest BCUT2D eigenvalue weighted by molar-refractivity contribution is 7.90. The molecule has 0 atom stereocenters. The van der Waals surface area contributed by atoms with E-state index in [0.29, 0.717) is 11.5 Å². The first-order valence-electron chi connectivity index (χ1n) is 6.59. The zero-order valence-electron chi connectivity index (χ0n) is 12.0. The lowest BCUT2D eigenvalue weighted by Gasteiger charge is -2.07. The summed E-state index contributed by atoms with van der Waals surface area (Å²) >= 11 is 0. The van der Waals surface area contributed by atoms with Gasteiger partial charge in [0.2, 0.25) is 0 Å². The maximum absolute atomic E-state index is 13.6. The van der Waals surface area contributed by atoms with Gasteiger partial charge in [0.05, 0.1) is 10.3 Å². The quantitative estimate of drug-likeness (QED) is 0.767. The normalized spacial score (nSPS) is 11.6. The maximum atomic E-state index is 13.6. The van der Waals surface area contributed by atoms with Crippen molar-refractivity contribution in [1.29, 1.82) is 0 Å². The van der Waals surface area contributed by atoms with Gasteiger partial charge in [-0.25, -0.2) is 17.8 Å². The van der Waals surface area contributed by atoms with E-state index in [9.17, 15) is 17.6 Å². The van der Waals surface area contributed by atoms with E-state index in [1.54, 1.807) is 12.1 Å². The smallest absolute Gasteiger partial charge is 0.256 e. The van der Waals surface area contributed by atoms with Gasteiger partial charge in [0.15, 0.2) is 9.84 Å². The average molecular weight is 333 g/mol. The molecule has 3 rings (SSSR count). The van der Waals surface area contributed by atoms with Crippen LogP contribution in [0.4, 0.5) is 15.9 Å². The van der Waals surface area contributed by atoms with Gasteiger partial charge in [0.25, 0.3) is 5.56 Å². The van der Waals surface area contributed by atoms with Crippen LogP contribution in [-0.2, 0) is 9.84 Å². The van der Waals surface area contributed by atoms with Crippen molar-refractivity contribution in [2.24, 2.45) is 0 Å². The minimum absolute atomic E-state index is 0.131. The summed E-state index contributed by atoms with van der Waals surface area (Å²) in [4.78, 5) is 18.3. The predicted molar refractivity (Wildman–Crippen MR) is 85.2 cm³/mol. The molecular formula is C15H12FN3O3S. The first-order chi connectivity index (χ1) is 10.8. The predicted octanol–water partition coefficient (Wildman–Crippen LogP) is 2.21. The third-order valence-corrected chi connectivity index (χ3v) is 4.42. The molecule has 0 aliphatic rings. The third kappa shape index (κ3) is 3.07. The maximum Gasteiger partial charge on any atom is 0.256 e. The minimum Gasteiger partial charge on any atom is -0.340 e. The highest BCUT2D eigenvalue weighted by atomic mass is 32.2. The van der Waals surface area contributed by atoms with Gasteiger partial charge in [-0.1, -0.05) is 0 Å². The van der Waals surface area contributed by atoms with Crippen molar-refractivity contribution in [2.45, 2.75) is 4.90 Å². The molecule has 6 nitrogen and oxygen atoms in total. The summed E-state index contributed by atoms with van der Waals surface area (Å²) in [5.74, 6) is -0.211. The van der Waals surface area contributed by atoms with Gasteiger partial charge in [0, 0.05) is 29.7 Å². The molecule has 0 fully saturated rings. The van der Waals surface area contributed by atoms with Gasteiger partial charge in [-0.3, -0.25) is 4.79 Å². The van der Waals surface area contributed by atoms with Crippen LogP contribution in [-0.4, -0.2) is 24.6 Å². The van der Waals surface area contributed by atoms with E-state index in [4.69, 9.17) is 0 Å². The summed E-state index contributed by atoms with van der Waals surface area (Å²) in [6.07, 6.45) is 3.39. The molecule has 0 saturated carbocycles. The number of rotatable bonds is 3. The highest BCUT2D eigenvalue weighted by Crippen LogP contribution is 2.20. The number of nitrogens with one attached hydrogen (secondary N) is 2. The van der Waals surface area contributed by atoms with Crippen LogP contribution in [0.2, 0.25) is 0 Å². The van der Waals surface area contributed by atoms with Gasteiger partial charge in [-0.15, -0.1) is 0 Å². The van der Waals surface area contributed by atoms with Crippen molar-refractivity contribution in [3.05, 3.63) is 58.9 Å². The fourth-order valence-corrected chi connectivity index (χ4v) is 2.75. The highest BCUT2D eigenvalue weighted by Gasteiger charge is 2.08. The molecule has 3 aromatic rings. The number of pyridine rings is 2. The van der Waals surface area contributed by atoms with Crippen LogP contribution < -0.4 is 10.9 Å². The summed E-state index contributed by atoms with van der Waals surface area (Å²) < 4.78 is 36.4. The molecule has 0 bridgehead atoms. The number of sulfone groups is 1. The lowest BCUT2D eigenvalue weighted by atomic mass is 10.2. The van der Waals surface area contributed by atoms with E-state index < -0.39 is 21.2 Å². The second-order valence-electron chi connectivity index (χ2n) is 5.00. The Morgan fingerprint density at radius 3 is 2.52 bits per heavy atom. The van der Waals surface area contributed by atoms with Crippen LogP contribution in [0.25, 0.3) is 10.8 Å². The minimum atomic E-state index is -3.26. The summed E-state index contributed by atoms with van der Waals surface area (Å²) in [7, 11) is -3.26. The van der Waals surface area contributed by atoms with Crippen LogP contribution in [0.3, 0.4) is 0 Å². The van der Waals surface area contributed by atoms with Crippen molar-refractivity contribution in [2.75, 3.05) is 11.6 Å². The number of nitrogens with zero attached hydrogens (tertiary/aromatic N) is 1. The van der Waals surface area contributed by atoms with E-state index in [1.807, 2.05) is 0 Å². The summed E-state index contributed by atoms with van der Waals surface area (Å²) in [6.45, 7) is 0. The number of fused-ring (bicyclic) bond motifs is 1. The molecule has 0 radical (unpaired) electrons. The Bertz CT molecular complexity index is 1040. The molecule has 23 heavy (non-hydrogen) atoms. The Hall–Kier alpha value is -2.74. The number of anilines is 2. The number of H-pyrrole nitrogens is 1. The van der Waals surface area contributed by atoms with Gasteiger partial charge in [0.1, 0.15) is 11.6 Å². The van der Waals surface area contributed by atoms with Crippen molar-refractivity contribution in [1.82, 2.24) is 9.97 Å². The van der Waals surface area contributed by atoms with Gasteiger partial charge < -0.3 is 10.3 Å². The van der Waals surface area contributed by atoms with Crippen LogP contribution in [0.1, 0.15) is 0 Å². The number of benzene rings is 1. The van der Waals surface area contributed by atoms with Crippen molar-refractivity contribution < 1.29 is 12.8 Å². The second-order valence-corrected chi connectivity index (χ2v) is 7.02. The fraction of sp³-hybridized carbons (Fsp3) is 0.0667. The summed E-state index contributed by atoms with van der Waals surface area (Å²) in [5.41, 5.74) is 0.177. The standard InChI is InChI=1S/C15H12FN3O3S/c1-23(21,22)10-4-2-9(3-5-10)19-14-6-11-12(7-17-14)13(16)8-18-15(11)20/h2-8H,1H3,(H,17,19)(H,18,20). The lowest BCUT2D eigenvalue weighted by Crippen LogP contribution is -2.07. The zero-order valence-corrected chi connectivity index (χ0v) is 12.8. The number of aromatic amines is 1. The SMILES string of the molecule is CS(=O)(=O)c1ccc(Nc2cc3c(=O)[nH]cc(F)c3cn2)cc1. The van der Waals surface area contributed by atoms with Gasteiger partial charge in [-0.2, -0.15) is 0 Å². The molecular weight excluding hydrogens is 321 g/mol. The Kier molecular flexibility index (Phi) is 3.61. The Morgan fingerprint density at radius 2 is 1.87 bits per heavy atom. The monoisotopic (exact) mass is 333 g/mol. The van der Waals surface area contributed by atoms with Crippen molar-refractivity contribution in [3.63, 3.8) is 0 Å². The van der Waals surface area contributed by atoms with E-state index in [2.05, 4.69) is 15.3 Å². The average Bonchev–Trinajstić information content (AvgIpc) is 2.51. The topological polar surface area (TPSA) is 91.9 Å². The fourth-order valence-electron chi connectivity index (χ4n) is 2.12. The van der Waals surface area contributed by atoms with Gasteiger partial charge >= 0.3 is 0 Å². The van der Waals surface area contributed by atoms with Crippen molar-refractivity contribution >= 4 is 32.1 Å². The molecule has 118 valence electrons. The van der Waals surface area contributed by atoms with Crippen LogP contribution in [0.5, 0.6) is 0 Å². The molecule has 0 aliphatic carbocycles. The summed E-state index contributed by atoms with van der Waals surface area (Å²) in [6, 6.07) is 7.52. The molecule has 2 N–H and O–H groups in total. The number of halogens is 1. The van der Waals surface area contributed by atoms with Crippen LogP contribution in [0.15, 0.2) is 52.4 Å². The molecule has 0 unspecified atom stereocenters. The Balaban J connectivity index is 1.96. The van der Waals surface area contributed by atoms with Crippen molar-refractivity contribution in [3.8, 4) is 0 Å². The van der Waals surface area contributed by atoms with Gasteiger partial charge in [-0.05, 0) is 30.3 Å². The van der Waals surface area contributed by atoms with E-state index in [1.165, 1.54) is 24.4 Å².